The molecule has 4 heteroatoms. The van der Waals surface area contributed by atoms with Crippen LogP contribution in [0.5, 0.6) is 5.75 Å². The average molecular weight is 445 g/mol. The third-order valence-corrected chi connectivity index (χ3v) is 5.94. The van der Waals surface area contributed by atoms with E-state index in [-0.39, 0.29) is 5.92 Å². The summed E-state index contributed by atoms with van der Waals surface area (Å²) < 4.78 is 7.09. The zero-order chi connectivity index (χ0) is 19.8. The summed E-state index contributed by atoms with van der Waals surface area (Å²) in [7, 11) is 0. The van der Waals surface area contributed by atoms with Crippen LogP contribution in [0.15, 0.2) is 83.6 Å². The highest BCUT2D eigenvalue weighted by Gasteiger charge is 2.26. The van der Waals surface area contributed by atoms with Crippen molar-refractivity contribution in [1.29, 1.82) is 0 Å². The van der Waals surface area contributed by atoms with Gasteiger partial charge in [0.05, 0.1) is 6.61 Å². The van der Waals surface area contributed by atoms with Gasteiger partial charge in [-0.2, -0.15) is 0 Å². The second kappa shape index (κ2) is 7.45. The molecule has 0 aliphatic rings. The van der Waals surface area contributed by atoms with E-state index in [4.69, 9.17) is 4.74 Å². The smallest absolute Gasteiger partial charge is 0.123 e. The molecule has 0 saturated heterocycles. The molecule has 5 rings (SSSR count). The first-order chi connectivity index (χ1) is 14.3. The lowest BCUT2D eigenvalue weighted by Crippen LogP contribution is -2.06. The summed E-state index contributed by atoms with van der Waals surface area (Å²) in [5.74, 6) is 0.942. The summed E-state index contributed by atoms with van der Waals surface area (Å²) in [5.41, 5.74) is 5.91. The molecule has 0 aliphatic carbocycles. The van der Waals surface area contributed by atoms with Crippen molar-refractivity contribution in [3.63, 3.8) is 0 Å². The van der Waals surface area contributed by atoms with Gasteiger partial charge in [-0.1, -0.05) is 52.3 Å². The molecule has 0 amide bonds. The Morgan fingerprint density at radius 2 is 1.38 bits per heavy atom. The number of fused-ring (bicyclic) bond motifs is 2. The van der Waals surface area contributed by atoms with E-state index in [2.05, 4.69) is 99.0 Å². The van der Waals surface area contributed by atoms with Gasteiger partial charge in [-0.3, -0.25) is 0 Å². The summed E-state index contributed by atoms with van der Waals surface area (Å²) in [6.45, 7) is 2.65. The molecule has 0 spiro atoms. The van der Waals surface area contributed by atoms with Crippen molar-refractivity contribution in [3.05, 3.63) is 100 Å². The molecule has 2 heterocycles. The standard InChI is InChI=1S/C25H21BrN2O/c1-2-29-24-12-11-16(26)13-19(24)25(20-14-27-22-9-5-3-7-17(20)22)21-15-28-23-10-6-4-8-18(21)23/h3-15,25,27-28H,2H2,1H3. The quantitative estimate of drug-likeness (QED) is 0.301. The molecule has 2 N–H and O–H groups in total. The van der Waals surface area contributed by atoms with Crippen molar-refractivity contribution in [1.82, 2.24) is 9.97 Å². The lowest BCUT2D eigenvalue weighted by molar-refractivity contribution is 0.336. The summed E-state index contributed by atoms with van der Waals surface area (Å²) in [4.78, 5) is 6.90. The normalized spacial score (nSPS) is 11.6. The highest BCUT2D eigenvalue weighted by molar-refractivity contribution is 9.10. The summed E-state index contributed by atoms with van der Waals surface area (Å²) in [6.07, 6.45) is 4.27. The first kappa shape index (κ1) is 18.1. The Balaban J connectivity index is 1.82. The highest BCUT2D eigenvalue weighted by atomic mass is 79.9. The molecule has 0 aliphatic heterocycles. The predicted octanol–water partition coefficient (Wildman–Crippen LogP) is 6.99. The van der Waals surface area contributed by atoms with Crippen molar-refractivity contribution in [2.75, 3.05) is 6.61 Å². The van der Waals surface area contributed by atoms with Crippen molar-refractivity contribution < 1.29 is 4.74 Å². The zero-order valence-corrected chi connectivity index (χ0v) is 17.7. The number of nitrogens with one attached hydrogen (secondary N) is 2. The molecule has 0 unspecified atom stereocenters. The van der Waals surface area contributed by atoms with Gasteiger partial charge in [0.2, 0.25) is 0 Å². The van der Waals surface area contributed by atoms with E-state index in [0.29, 0.717) is 6.61 Å². The number of hydrogen-bond donors (Lipinski definition) is 2. The van der Waals surface area contributed by atoms with Gasteiger partial charge in [0.15, 0.2) is 0 Å². The van der Waals surface area contributed by atoms with Crippen LogP contribution in [0.4, 0.5) is 0 Å². The van der Waals surface area contributed by atoms with E-state index in [9.17, 15) is 0 Å². The van der Waals surface area contributed by atoms with Crippen LogP contribution in [0.2, 0.25) is 0 Å². The Morgan fingerprint density at radius 1 is 0.793 bits per heavy atom. The van der Waals surface area contributed by atoms with E-state index in [1.54, 1.807) is 0 Å². The second-order valence-electron chi connectivity index (χ2n) is 7.13. The van der Waals surface area contributed by atoms with E-state index in [1.807, 2.05) is 13.0 Å². The monoisotopic (exact) mass is 444 g/mol. The van der Waals surface area contributed by atoms with Gasteiger partial charge >= 0.3 is 0 Å². The van der Waals surface area contributed by atoms with Gasteiger partial charge in [0.1, 0.15) is 5.75 Å². The molecule has 144 valence electrons. The number of aromatic nitrogens is 2. The SMILES string of the molecule is CCOc1ccc(Br)cc1C(c1c[nH]c2ccccc12)c1c[nH]c2ccccc12. The maximum absolute atomic E-state index is 6.05. The van der Waals surface area contributed by atoms with Crippen molar-refractivity contribution in [2.45, 2.75) is 12.8 Å². The van der Waals surface area contributed by atoms with Crippen molar-refractivity contribution in [3.8, 4) is 5.75 Å². The van der Waals surface area contributed by atoms with Crippen molar-refractivity contribution in [2.24, 2.45) is 0 Å². The molecule has 5 aromatic rings. The van der Waals surface area contributed by atoms with Crippen LogP contribution in [0.25, 0.3) is 21.8 Å². The first-order valence-corrected chi connectivity index (χ1v) is 10.6. The van der Waals surface area contributed by atoms with E-state index in [1.165, 1.54) is 21.9 Å². The molecule has 2 aromatic heterocycles. The van der Waals surface area contributed by atoms with Gasteiger partial charge in [0.25, 0.3) is 0 Å². The zero-order valence-electron chi connectivity index (χ0n) is 16.1. The lowest BCUT2D eigenvalue weighted by atomic mass is 9.84. The molecule has 3 nitrogen and oxygen atoms in total. The van der Waals surface area contributed by atoms with Crippen LogP contribution in [0, 0.1) is 0 Å². The van der Waals surface area contributed by atoms with Crippen molar-refractivity contribution >= 4 is 37.7 Å². The highest BCUT2D eigenvalue weighted by Crippen LogP contribution is 2.43. The number of para-hydroxylation sites is 2. The van der Waals surface area contributed by atoms with Gasteiger partial charge < -0.3 is 14.7 Å². The summed E-state index contributed by atoms with van der Waals surface area (Å²) in [5, 5.41) is 2.45. The minimum atomic E-state index is 0.0290. The molecule has 0 radical (unpaired) electrons. The molecular formula is C25H21BrN2O. The summed E-state index contributed by atoms with van der Waals surface area (Å²) in [6, 6.07) is 23.2. The number of ether oxygens (including phenoxy) is 1. The Bertz CT molecular complexity index is 1230. The fraction of sp³-hybridized carbons (Fsp3) is 0.120. The predicted molar refractivity (Wildman–Crippen MR) is 123 cm³/mol. The molecule has 0 fully saturated rings. The van der Waals surface area contributed by atoms with Crippen LogP contribution in [-0.2, 0) is 0 Å². The molecule has 0 bridgehead atoms. The van der Waals surface area contributed by atoms with Gasteiger partial charge in [-0.15, -0.1) is 0 Å². The van der Waals surface area contributed by atoms with Gasteiger partial charge in [-0.05, 0) is 48.4 Å². The van der Waals surface area contributed by atoms with Crippen LogP contribution in [0.3, 0.4) is 0 Å². The molecule has 0 saturated carbocycles. The largest absolute Gasteiger partial charge is 0.494 e. The van der Waals surface area contributed by atoms with Crippen LogP contribution >= 0.6 is 15.9 Å². The number of benzene rings is 3. The van der Waals surface area contributed by atoms with E-state index in [0.717, 1.165) is 26.8 Å². The fourth-order valence-corrected chi connectivity index (χ4v) is 4.58. The maximum Gasteiger partial charge on any atom is 0.123 e. The number of aromatic amines is 2. The number of hydrogen-bond acceptors (Lipinski definition) is 1. The molecule has 29 heavy (non-hydrogen) atoms. The van der Waals surface area contributed by atoms with Gasteiger partial charge in [-0.25, -0.2) is 0 Å². The minimum Gasteiger partial charge on any atom is -0.494 e. The average Bonchev–Trinajstić information content (AvgIpc) is 3.36. The third kappa shape index (κ3) is 3.14. The Morgan fingerprint density at radius 3 is 1.97 bits per heavy atom. The fourth-order valence-electron chi connectivity index (χ4n) is 4.20. The number of halogens is 1. The molecule has 0 atom stereocenters. The first-order valence-electron chi connectivity index (χ1n) is 9.80. The maximum atomic E-state index is 6.05. The Kier molecular flexibility index (Phi) is 4.64. The van der Waals surface area contributed by atoms with E-state index >= 15 is 0 Å². The van der Waals surface area contributed by atoms with E-state index < -0.39 is 0 Å². The minimum absolute atomic E-state index is 0.0290. The Labute approximate surface area is 177 Å². The third-order valence-electron chi connectivity index (χ3n) is 5.45. The van der Waals surface area contributed by atoms with Crippen LogP contribution < -0.4 is 4.74 Å². The number of H-pyrrole nitrogens is 2. The van der Waals surface area contributed by atoms with Gasteiger partial charge in [0, 0.05) is 50.2 Å². The number of rotatable bonds is 5. The van der Waals surface area contributed by atoms with Crippen LogP contribution in [0.1, 0.15) is 29.5 Å². The second-order valence-corrected chi connectivity index (χ2v) is 8.04. The molecular weight excluding hydrogens is 424 g/mol. The lowest BCUT2D eigenvalue weighted by Gasteiger charge is -2.21. The topological polar surface area (TPSA) is 40.8 Å². The Hall–Kier alpha value is -2.98. The summed E-state index contributed by atoms with van der Waals surface area (Å²) >= 11 is 3.67. The molecule has 3 aromatic carbocycles. The van der Waals surface area contributed by atoms with Crippen LogP contribution in [-0.4, -0.2) is 16.6 Å².